The number of aliphatic hydroxyl groups excluding tert-OH is 17. The number of rotatable bonds is 15. The molecule has 0 unspecified atom stereocenters. The average Bonchev–Trinajstić information content (AvgIpc) is 0.702. The van der Waals surface area contributed by atoms with Gasteiger partial charge in [0.05, 0.1) is 70.2 Å². The molecule has 11 rings (SSSR count). The standard InChI is InChI=1S/C63H102O31/c1-24-35(71)38(74)40(76)51(86-24)90-45-30(69)20-83-50(42(45)78)89-44-25(2)87-53(43(79)46(44)91-55-48(80)62(82,22-66)23-85-55)92-47-36(72)29(68)19-84-54(47)94-56(81)63-14-13-57(3,4)15-27(63)26-9-10-33-58(5)16-28(67)49(93-52-41(77)39(75)37(73)31(18-64)88-52)59(6,21-65)32(58)11-12-60(33,7)61(26,8)17-34(63)70/h9,24-25,27-55,64-80,82H,10-23H2,1-8H3/t24-,25-,27-,28-,29-,30+,31+,32+,33+,34+,35-,36-,37+,38+,39-,40+,41+,42+,43+,44-,45+,46+,47+,48-,49-,50-,51-,52-,53-,54-,55-,58-,59-,60+,61+,62+,63+/m0/s1. The molecule has 6 saturated heterocycles. The normalized spacial score (nSPS) is 55.9. The summed E-state index contributed by atoms with van der Waals surface area (Å²) < 4.78 is 71.9. The minimum Gasteiger partial charge on any atom is -0.432 e. The quantitative estimate of drug-likeness (QED) is 0.0413. The Bertz CT molecular complexity index is 2680. The molecular formula is C63H102O31. The Balaban J connectivity index is 0.842. The van der Waals surface area contributed by atoms with E-state index in [1.807, 2.05) is 6.92 Å². The third-order valence-corrected chi connectivity index (χ3v) is 24.6. The van der Waals surface area contributed by atoms with E-state index < -0.39 is 256 Å². The molecule has 94 heavy (non-hydrogen) atoms. The Morgan fingerprint density at radius 3 is 1.80 bits per heavy atom. The lowest BCUT2D eigenvalue weighted by Gasteiger charge is -2.72. The van der Waals surface area contributed by atoms with Crippen molar-refractivity contribution in [2.45, 2.75) is 284 Å². The van der Waals surface area contributed by atoms with Crippen LogP contribution in [0.15, 0.2) is 11.6 Å². The highest BCUT2D eigenvalue weighted by Crippen LogP contribution is 2.76. The molecule has 18 N–H and O–H groups in total. The van der Waals surface area contributed by atoms with Crippen molar-refractivity contribution in [1.82, 2.24) is 0 Å². The van der Waals surface area contributed by atoms with Gasteiger partial charge in [-0.2, -0.15) is 0 Å². The van der Waals surface area contributed by atoms with Crippen LogP contribution >= 0.6 is 0 Å². The summed E-state index contributed by atoms with van der Waals surface area (Å²) in [5.41, 5.74) is -6.53. The van der Waals surface area contributed by atoms with Gasteiger partial charge in [0.2, 0.25) is 6.29 Å². The monoisotopic (exact) mass is 1350 g/mol. The van der Waals surface area contributed by atoms with E-state index in [0.29, 0.717) is 32.1 Å². The van der Waals surface area contributed by atoms with Gasteiger partial charge >= 0.3 is 5.97 Å². The second kappa shape index (κ2) is 26.8. The third-order valence-electron chi connectivity index (χ3n) is 24.6. The summed E-state index contributed by atoms with van der Waals surface area (Å²) in [6, 6.07) is 0. The van der Waals surface area contributed by atoms with E-state index in [1.54, 1.807) is 0 Å². The van der Waals surface area contributed by atoms with Crippen molar-refractivity contribution in [3.05, 3.63) is 11.6 Å². The van der Waals surface area contributed by atoms with E-state index in [1.165, 1.54) is 13.8 Å². The number of esters is 1. The zero-order valence-corrected chi connectivity index (χ0v) is 54.2. The van der Waals surface area contributed by atoms with Crippen molar-refractivity contribution in [2.75, 3.05) is 39.6 Å². The number of aliphatic hydroxyl groups is 18. The van der Waals surface area contributed by atoms with E-state index in [2.05, 4.69) is 40.7 Å². The molecule has 6 heterocycles. The summed E-state index contributed by atoms with van der Waals surface area (Å²) in [6.45, 7) is 11.3. The zero-order chi connectivity index (χ0) is 68.6. The smallest absolute Gasteiger partial charge is 0.317 e. The van der Waals surface area contributed by atoms with Crippen LogP contribution in [-0.4, -0.2) is 315 Å². The summed E-state index contributed by atoms with van der Waals surface area (Å²) >= 11 is 0. The van der Waals surface area contributed by atoms with Crippen LogP contribution in [0, 0.1) is 50.2 Å². The zero-order valence-electron chi connectivity index (χ0n) is 54.2. The first-order valence-electron chi connectivity index (χ1n) is 33.1. The molecule has 37 atom stereocenters. The van der Waals surface area contributed by atoms with Crippen LogP contribution in [0.5, 0.6) is 0 Å². The lowest BCUT2D eigenvalue weighted by atomic mass is 9.33. The van der Waals surface area contributed by atoms with Crippen LogP contribution in [0.4, 0.5) is 0 Å². The number of carbonyl (C=O) groups excluding carboxylic acids is 1. The maximum absolute atomic E-state index is 15.7. The molecule has 31 heteroatoms. The van der Waals surface area contributed by atoms with Gasteiger partial charge in [-0.05, 0) is 105 Å². The number of fused-ring (bicyclic) bond motifs is 7. The first-order chi connectivity index (χ1) is 44.0. The number of hydrogen-bond acceptors (Lipinski definition) is 31. The first-order valence-corrected chi connectivity index (χ1v) is 33.1. The average molecular weight is 1360 g/mol. The van der Waals surface area contributed by atoms with Gasteiger partial charge in [0.15, 0.2) is 37.6 Å². The molecule has 10 fully saturated rings. The van der Waals surface area contributed by atoms with Gasteiger partial charge in [0, 0.05) is 5.41 Å². The highest BCUT2D eigenvalue weighted by molar-refractivity contribution is 5.80. The molecule has 0 aromatic rings. The van der Waals surface area contributed by atoms with E-state index in [9.17, 15) is 91.9 Å². The maximum atomic E-state index is 15.7. The predicted molar refractivity (Wildman–Crippen MR) is 311 cm³/mol. The van der Waals surface area contributed by atoms with Crippen molar-refractivity contribution >= 4 is 5.97 Å². The SMILES string of the molecule is C[C@@H]1O[C@@H](O[C@H]2[C@@H](O)[C@H](O[C@@H]3[C@H](O[C@@H]4OC[C@](O)(CO)[C@H]4O)[C@@H](O)[C@H](O[C@H]4[C@H](OC(=O)[C@]56CCC(C)(C)C[C@H]5C5=CC[C@@H]7[C@@]8(C)C[C@H](O)[C@H](O[C@@H]9O[C@H](CO)[C@@H](O)[C@H](O)[C@H]9O)[C@@](C)(CO)[C@@H]8CC[C@@]7(C)[C@]5(C)C[C@H]6O)OC[C@H](O)[C@@H]4O)O[C@H]3C)OC[C@H]2O)[C@H](O)[C@H](O)[C@H]1O. The second-order valence-corrected chi connectivity index (χ2v) is 30.8. The largest absolute Gasteiger partial charge is 0.432 e. The first kappa shape index (κ1) is 73.3. The van der Waals surface area contributed by atoms with Crippen molar-refractivity contribution in [3.63, 3.8) is 0 Å². The van der Waals surface area contributed by atoms with Gasteiger partial charge in [0.25, 0.3) is 0 Å². The fraction of sp³-hybridized carbons (Fsp3) is 0.952. The molecule has 0 amide bonds. The molecule has 0 aromatic carbocycles. The van der Waals surface area contributed by atoms with Crippen LogP contribution in [0.25, 0.3) is 0 Å². The maximum Gasteiger partial charge on any atom is 0.317 e. The number of allylic oxidation sites excluding steroid dienone is 2. The predicted octanol–water partition coefficient (Wildman–Crippen LogP) is -5.50. The molecule has 6 aliphatic heterocycles. The molecule has 540 valence electrons. The minimum atomic E-state index is -2.25. The van der Waals surface area contributed by atoms with E-state index >= 15 is 4.79 Å². The summed E-state index contributed by atoms with van der Waals surface area (Å²) in [7, 11) is 0. The Hall–Kier alpha value is -1.95. The third kappa shape index (κ3) is 12.0. The number of hydrogen-bond donors (Lipinski definition) is 18. The summed E-state index contributed by atoms with van der Waals surface area (Å²) in [6.07, 6.45) is -41.2. The summed E-state index contributed by atoms with van der Waals surface area (Å²) in [4.78, 5) is 15.7. The minimum absolute atomic E-state index is 0.0808. The molecule has 11 aliphatic rings. The van der Waals surface area contributed by atoms with Crippen molar-refractivity contribution in [3.8, 4) is 0 Å². The molecule has 0 spiro atoms. The van der Waals surface area contributed by atoms with Crippen LogP contribution in [0.3, 0.4) is 0 Å². The lowest BCUT2D eigenvalue weighted by molar-refractivity contribution is -0.387. The van der Waals surface area contributed by atoms with Crippen LogP contribution in [0.2, 0.25) is 0 Å². The van der Waals surface area contributed by atoms with Crippen LogP contribution < -0.4 is 0 Å². The lowest BCUT2D eigenvalue weighted by Crippen LogP contribution is -2.70. The molecular weight excluding hydrogens is 1250 g/mol. The number of ether oxygens (including phenoxy) is 12. The van der Waals surface area contributed by atoms with Crippen LogP contribution in [-0.2, 0) is 61.6 Å². The fourth-order valence-corrected chi connectivity index (χ4v) is 18.8. The molecule has 5 aliphatic carbocycles. The Morgan fingerprint density at radius 2 is 1.14 bits per heavy atom. The van der Waals surface area contributed by atoms with Gasteiger partial charge in [0.1, 0.15) is 109 Å². The highest BCUT2D eigenvalue weighted by atomic mass is 16.8. The van der Waals surface area contributed by atoms with Gasteiger partial charge < -0.3 is 149 Å². The topological polar surface area (TPSA) is 492 Å². The molecule has 0 bridgehead atoms. The highest BCUT2D eigenvalue weighted by Gasteiger charge is 2.73. The molecule has 0 radical (unpaired) electrons. The Labute approximate surface area is 543 Å². The van der Waals surface area contributed by atoms with Gasteiger partial charge in [-0.3, -0.25) is 4.79 Å². The van der Waals surface area contributed by atoms with E-state index in [-0.39, 0.29) is 36.5 Å². The van der Waals surface area contributed by atoms with Gasteiger partial charge in [-0.25, -0.2) is 0 Å². The molecule has 4 saturated carbocycles. The van der Waals surface area contributed by atoms with E-state index in [0.717, 1.165) is 5.57 Å². The van der Waals surface area contributed by atoms with Crippen molar-refractivity contribution in [2.24, 2.45) is 50.2 Å². The van der Waals surface area contributed by atoms with Gasteiger partial charge in [-0.1, -0.05) is 53.2 Å². The summed E-state index contributed by atoms with van der Waals surface area (Å²) in [5.74, 6) is -2.01. The molecule has 0 aromatic heterocycles. The molecule has 31 nitrogen and oxygen atoms in total. The fourth-order valence-electron chi connectivity index (χ4n) is 18.8. The second-order valence-electron chi connectivity index (χ2n) is 30.8. The summed E-state index contributed by atoms with van der Waals surface area (Å²) in [5, 5.41) is 200. The Morgan fingerprint density at radius 1 is 0.543 bits per heavy atom. The van der Waals surface area contributed by atoms with E-state index in [4.69, 9.17) is 56.8 Å². The Kier molecular flexibility index (Phi) is 20.9. The van der Waals surface area contributed by atoms with Gasteiger partial charge in [-0.15, -0.1) is 0 Å². The van der Waals surface area contributed by atoms with Crippen molar-refractivity contribution < 1.29 is 154 Å². The van der Waals surface area contributed by atoms with Crippen molar-refractivity contribution in [1.29, 1.82) is 0 Å². The van der Waals surface area contributed by atoms with Crippen LogP contribution in [0.1, 0.15) is 107 Å². The number of carbonyl (C=O) groups is 1.